The Bertz CT molecular complexity index is 580. The molecule has 0 bridgehead atoms. The molecule has 0 N–H and O–H groups in total. The number of amides is 1. The lowest BCUT2D eigenvalue weighted by Crippen LogP contribution is -2.59. The maximum atomic E-state index is 12.9. The fraction of sp³-hybridized carbons (Fsp3) is 0.667. The van der Waals surface area contributed by atoms with Crippen LogP contribution in [0.25, 0.3) is 0 Å². The second kappa shape index (κ2) is 7.49. The molecule has 2 atom stereocenters. The monoisotopic (exact) mass is 332 g/mol. The fourth-order valence-electron chi connectivity index (χ4n) is 3.52. The van der Waals surface area contributed by atoms with E-state index in [0.29, 0.717) is 13.2 Å². The summed E-state index contributed by atoms with van der Waals surface area (Å²) in [5.41, 5.74) is 1.02. The highest BCUT2D eigenvalue weighted by atomic mass is 16.5. The largest absolute Gasteiger partial charge is 0.366 e. The first-order chi connectivity index (χ1) is 11.6. The number of carbonyl (C=O) groups is 1. The summed E-state index contributed by atoms with van der Waals surface area (Å²) in [5.74, 6) is 1.14. The van der Waals surface area contributed by atoms with Gasteiger partial charge in [0.25, 0.3) is 5.91 Å². The average molecular weight is 332 g/mol. The van der Waals surface area contributed by atoms with E-state index in [-0.39, 0.29) is 18.1 Å². The molecule has 6 heteroatoms. The van der Waals surface area contributed by atoms with Gasteiger partial charge < -0.3 is 14.5 Å². The molecule has 0 radical (unpaired) electrons. The van der Waals surface area contributed by atoms with E-state index in [1.54, 1.807) is 0 Å². The number of hydrogen-bond acceptors (Lipinski definition) is 5. The predicted octanol–water partition coefficient (Wildman–Crippen LogP) is 1.15. The summed E-state index contributed by atoms with van der Waals surface area (Å²) in [7, 11) is 0. The maximum Gasteiger partial charge on any atom is 0.253 e. The zero-order valence-corrected chi connectivity index (χ0v) is 14.9. The number of aryl methyl sites for hydroxylation is 1. The van der Waals surface area contributed by atoms with Gasteiger partial charge in [-0.3, -0.25) is 9.69 Å². The Kier molecular flexibility index (Phi) is 5.36. The van der Waals surface area contributed by atoms with Crippen molar-refractivity contribution in [2.75, 3.05) is 50.8 Å². The number of hydrogen-bond donors (Lipinski definition) is 0. The molecule has 0 saturated carbocycles. The van der Waals surface area contributed by atoms with Gasteiger partial charge in [-0.05, 0) is 32.5 Å². The topological polar surface area (TPSA) is 48.9 Å². The third kappa shape index (κ3) is 3.70. The molecule has 132 valence electrons. The molecular weight excluding hydrogens is 304 g/mol. The lowest BCUT2D eigenvalue weighted by Gasteiger charge is -2.43. The molecule has 2 fully saturated rings. The van der Waals surface area contributed by atoms with Crippen LogP contribution in [0.5, 0.6) is 0 Å². The Morgan fingerprint density at radius 1 is 1.29 bits per heavy atom. The molecular formula is C18H28N4O2. The van der Waals surface area contributed by atoms with Crippen LogP contribution >= 0.6 is 0 Å². The number of anilines is 1. The van der Waals surface area contributed by atoms with Gasteiger partial charge in [-0.25, -0.2) is 4.98 Å². The van der Waals surface area contributed by atoms with Crippen LogP contribution < -0.4 is 4.90 Å². The van der Waals surface area contributed by atoms with Crippen molar-refractivity contribution in [1.82, 2.24) is 14.8 Å². The molecule has 0 unspecified atom stereocenters. The Balaban J connectivity index is 1.62. The van der Waals surface area contributed by atoms with E-state index < -0.39 is 0 Å². The summed E-state index contributed by atoms with van der Waals surface area (Å²) in [6.45, 7) is 11.8. The molecule has 1 aromatic heterocycles. The third-order valence-corrected chi connectivity index (χ3v) is 4.98. The van der Waals surface area contributed by atoms with Crippen molar-refractivity contribution in [3.05, 3.63) is 23.9 Å². The fourth-order valence-corrected chi connectivity index (χ4v) is 3.52. The number of likely N-dealkylation sites (N-methyl/N-ethyl adjacent to an activating group) is 1. The van der Waals surface area contributed by atoms with Crippen molar-refractivity contribution in [1.29, 1.82) is 0 Å². The summed E-state index contributed by atoms with van der Waals surface area (Å²) < 4.78 is 5.74. The minimum atomic E-state index is -0.315. The molecule has 2 aliphatic heterocycles. The zero-order valence-electron chi connectivity index (χ0n) is 14.9. The molecule has 24 heavy (non-hydrogen) atoms. The maximum absolute atomic E-state index is 12.9. The first-order valence-electron chi connectivity index (χ1n) is 8.91. The van der Waals surface area contributed by atoms with E-state index in [1.807, 2.05) is 30.0 Å². The van der Waals surface area contributed by atoms with Gasteiger partial charge in [-0.2, -0.15) is 0 Å². The van der Waals surface area contributed by atoms with Crippen molar-refractivity contribution in [3.63, 3.8) is 0 Å². The summed E-state index contributed by atoms with van der Waals surface area (Å²) in [4.78, 5) is 24.0. The zero-order chi connectivity index (χ0) is 17.1. The smallest absolute Gasteiger partial charge is 0.253 e. The van der Waals surface area contributed by atoms with Crippen LogP contribution in [0.15, 0.2) is 18.2 Å². The Morgan fingerprint density at radius 2 is 2.12 bits per heavy atom. The van der Waals surface area contributed by atoms with Crippen molar-refractivity contribution in [2.45, 2.75) is 32.9 Å². The molecule has 1 amide bonds. The van der Waals surface area contributed by atoms with E-state index in [0.717, 1.165) is 44.2 Å². The number of pyridine rings is 1. The van der Waals surface area contributed by atoms with Gasteiger partial charge in [0.1, 0.15) is 11.9 Å². The van der Waals surface area contributed by atoms with E-state index in [9.17, 15) is 4.79 Å². The Hall–Kier alpha value is -1.66. The first kappa shape index (κ1) is 17.2. The normalized spacial score (nSPS) is 25.8. The minimum Gasteiger partial charge on any atom is -0.366 e. The van der Waals surface area contributed by atoms with Crippen LogP contribution in [0.1, 0.15) is 19.5 Å². The van der Waals surface area contributed by atoms with E-state index >= 15 is 0 Å². The van der Waals surface area contributed by atoms with Gasteiger partial charge in [-0.15, -0.1) is 0 Å². The lowest BCUT2D eigenvalue weighted by atomic mass is 10.1. The first-order valence-corrected chi connectivity index (χ1v) is 8.91. The minimum absolute atomic E-state index is 0.137. The van der Waals surface area contributed by atoms with E-state index in [2.05, 4.69) is 28.6 Å². The molecule has 2 aliphatic rings. The number of nitrogens with zero attached hydrogens (tertiary/aromatic N) is 4. The number of aromatic nitrogens is 1. The number of rotatable bonds is 3. The summed E-state index contributed by atoms with van der Waals surface area (Å²) >= 11 is 0. The highest BCUT2D eigenvalue weighted by Crippen LogP contribution is 2.19. The van der Waals surface area contributed by atoms with Gasteiger partial charge in [0.2, 0.25) is 0 Å². The Labute approximate surface area is 144 Å². The van der Waals surface area contributed by atoms with Crippen molar-refractivity contribution in [2.24, 2.45) is 0 Å². The molecule has 1 aromatic rings. The SMILES string of the molecule is CCN1CCO[C@H](C(=O)N2CCN(c3cccc(C)n3)C[C@H]2C)C1. The standard InChI is InChI=1S/C18H28N4O2/c1-4-20-10-11-24-16(13-20)18(23)22-9-8-21(12-15(22)3)17-7-5-6-14(2)19-17/h5-7,15-16H,4,8-13H2,1-3H3/t15-,16+/m1/s1. The summed E-state index contributed by atoms with van der Waals surface area (Å²) in [5, 5.41) is 0. The highest BCUT2D eigenvalue weighted by molar-refractivity contribution is 5.82. The number of morpholine rings is 1. The molecule has 3 heterocycles. The number of piperazine rings is 1. The van der Waals surface area contributed by atoms with Crippen LogP contribution in [-0.2, 0) is 9.53 Å². The van der Waals surface area contributed by atoms with Crippen LogP contribution in [0.2, 0.25) is 0 Å². The Morgan fingerprint density at radius 3 is 2.83 bits per heavy atom. The van der Waals surface area contributed by atoms with E-state index in [4.69, 9.17) is 4.74 Å². The van der Waals surface area contributed by atoms with Gasteiger partial charge >= 0.3 is 0 Å². The van der Waals surface area contributed by atoms with Crippen molar-refractivity contribution in [3.8, 4) is 0 Å². The average Bonchev–Trinajstić information content (AvgIpc) is 2.61. The highest BCUT2D eigenvalue weighted by Gasteiger charge is 2.34. The third-order valence-electron chi connectivity index (χ3n) is 4.98. The molecule has 3 rings (SSSR count). The molecule has 6 nitrogen and oxygen atoms in total. The van der Waals surface area contributed by atoms with Crippen LogP contribution in [-0.4, -0.2) is 78.7 Å². The molecule has 2 saturated heterocycles. The van der Waals surface area contributed by atoms with Crippen LogP contribution in [0.4, 0.5) is 5.82 Å². The van der Waals surface area contributed by atoms with Crippen LogP contribution in [0, 0.1) is 6.92 Å². The van der Waals surface area contributed by atoms with Gasteiger partial charge in [0.05, 0.1) is 6.61 Å². The van der Waals surface area contributed by atoms with Gasteiger partial charge in [0, 0.05) is 44.5 Å². The molecule has 0 aliphatic carbocycles. The second-order valence-corrected chi connectivity index (χ2v) is 6.72. The molecule has 0 aromatic carbocycles. The lowest BCUT2D eigenvalue weighted by molar-refractivity contribution is -0.151. The van der Waals surface area contributed by atoms with Gasteiger partial charge in [-0.1, -0.05) is 13.0 Å². The predicted molar refractivity (Wildman–Crippen MR) is 94.2 cm³/mol. The van der Waals surface area contributed by atoms with E-state index in [1.165, 1.54) is 0 Å². The van der Waals surface area contributed by atoms with Gasteiger partial charge in [0.15, 0.2) is 0 Å². The van der Waals surface area contributed by atoms with Crippen molar-refractivity contribution < 1.29 is 9.53 Å². The summed E-state index contributed by atoms with van der Waals surface area (Å²) in [6, 6.07) is 6.25. The number of ether oxygens (including phenoxy) is 1. The second-order valence-electron chi connectivity index (χ2n) is 6.72. The van der Waals surface area contributed by atoms with Crippen molar-refractivity contribution >= 4 is 11.7 Å². The number of carbonyl (C=O) groups excluding carboxylic acids is 1. The van der Waals surface area contributed by atoms with Crippen LogP contribution in [0.3, 0.4) is 0 Å². The molecule has 0 spiro atoms. The quantitative estimate of drug-likeness (QED) is 0.831. The summed E-state index contributed by atoms with van der Waals surface area (Å²) in [6.07, 6.45) is -0.315.